The number of anilines is 2. The van der Waals surface area contributed by atoms with Crippen LogP contribution in [-0.4, -0.2) is 27.2 Å². The van der Waals surface area contributed by atoms with Crippen LogP contribution in [0.25, 0.3) is 0 Å². The van der Waals surface area contributed by atoms with Crippen molar-refractivity contribution in [2.75, 3.05) is 11.1 Å². The van der Waals surface area contributed by atoms with E-state index in [1.807, 2.05) is 0 Å². The van der Waals surface area contributed by atoms with Crippen molar-refractivity contribution < 1.29 is 17.9 Å². The minimum atomic E-state index is -3.12. The minimum Gasteiger partial charge on any atom is -0.432 e. The smallest absolute Gasteiger partial charge is 0.387 e. The van der Waals surface area contributed by atoms with E-state index in [1.165, 1.54) is 0 Å². The number of H-pyrrole nitrogens is 1. The molecule has 0 fully saturated rings. The van der Waals surface area contributed by atoms with Crippen LogP contribution in [0.1, 0.15) is 5.82 Å². The molecule has 10 heteroatoms. The van der Waals surface area contributed by atoms with Gasteiger partial charge in [-0.05, 0) is 0 Å². The molecule has 0 bridgehead atoms. The molecule has 0 radical (unpaired) electrons. The van der Waals surface area contributed by atoms with Crippen molar-refractivity contribution in [3.05, 3.63) is 23.8 Å². The molecule has 0 saturated carbocycles. The molecule has 102 valence electrons. The summed E-state index contributed by atoms with van der Waals surface area (Å²) in [6.07, 6.45) is 0. The summed E-state index contributed by atoms with van der Waals surface area (Å²) < 4.78 is 41.5. The Hall–Kier alpha value is -2.52. The highest BCUT2D eigenvalue weighted by atomic mass is 19.3. The average molecular weight is 274 g/mol. The van der Waals surface area contributed by atoms with Gasteiger partial charge in [0.05, 0.1) is 17.9 Å². The van der Waals surface area contributed by atoms with Crippen molar-refractivity contribution in [2.24, 2.45) is 0 Å². The molecule has 1 aromatic carbocycles. The molecule has 0 saturated heterocycles. The lowest BCUT2D eigenvalue weighted by molar-refractivity contribution is -0.0521. The van der Waals surface area contributed by atoms with Crippen molar-refractivity contribution >= 4 is 11.4 Å². The van der Waals surface area contributed by atoms with Crippen LogP contribution in [0.4, 0.5) is 24.5 Å². The fourth-order valence-electron chi connectivity index (χ4n) is 1.34. The molecule has 0 amide bonds. The van der Waals surface area contributed by atoms with Crippen molar-refractivity contribution in [1.82, 2.24) is 20.6 Å². The molecular formula is C9H9F3N6O. The van der Waals surface area contributed by atoms with Gasteiger partial charge in [-0.25, -0.2) is 4.39 Å². The van der Waals surface area contributed by atoms with Crippen LogP contribution in [0.5, 0.6) is 5.75 Å². The van der Waals surface area contributed by atoms with Gasteiger partial charge in [0.15, 0.2) is 17.4 Å². The maximum absolute atomic E-state index is 13.3. The fourth-order valence-corrected chi connectivity index (χ4v) is 1.34. The summed E-state index contributed by atoms with van der Waals surface area (Å²) in [4.78, 5) is 0. The Labute approximate surface area is 104 Å². The van der Waals surface area contributed by atoms with Gasteiger partial charge in [0, 0.05) is 12.1 Å². The van der Waals surface area contributed by atoms with Crippen LogP contribution in [0, 0.1) is 5.82 Å². The van der Waals surface area contributed by atoms with Crippen LogP contribution >= 0.6 is 0 Å². The highest BCUT2D eigenvalue weighted by Gasteiger charge is 2.13. The van der Waals surface area contributed by atoms with E-state index in [0.717, 1.165) is 12.1 Å². The fraction of sp³-hybridized carbons (Fsp3) is 0.222. The standard InChI is InChI=1S/C9H9F3N6O/c10-4-1-5(13)6(2-7(4)19-9(11)12)14-3-8-15-17-18-16-8/h1-2,9,14H,3,13H2,(H,15,16,17,18). The Morgan fingerprint density at radius 3 is 2.84 bits per heavy atom. The number of aromatic amines is 1. The number of nitrogens with one attached hydrogen (secondary N) is 2. The zero-order valence-electron chi connectivity index (χ0n) is 9.40. The number of nitrogen functional groups attached to an aromatic ring is 1. The van der Waals surface area contributed by atoms with E-state index in [-0.39, 0.29) is 17.9 Å². The number of nitrogens with two attached hydrogens (primary N) is 1. The van der Waals surface area contributed by atoms with Gasteiger partial charge in [0.2, 0.25) is 0 Å². The van der Waals surface area contributed by atoms with Gasteiger partial charge >= 0.3 is 6.61 Å². The number of aromatic nitrogens is 4. The third-order valence-corrected chi connectivity index (χ3v) is 2.15. The zero-order chi connectivity index (χ0) is 13.8. The number of halogens is 3. The van der Waals surface area contributed by atoms with E-state index in [1.54, 1.807) is 0 Å². The van der Waals surface area contributed by atoms with Crippen molar-refractivity contribution in [3.63, 3.8) is 0 Å². The first-order valence-corrected chi connectivity index (χ1v) is 5.06. The maximum atomic E-state index is 13.3. The molecule has 1 aromatic heterocycles. The third kappa shape index (κ3) is 3.24. The topological polar surface area (TPSA) is 102 Å². The second-order valence-corrected chi connectivity index (χ2v) is 3.43. The molecule has 19 heavy (non-hydrogen) atoms. The van der Waals surface area contributed by atoms with Crippen molar-refractivity contribution in [2.45, 2.75) is 13.2 Å². The first-order valence-electron chi connectivity index (χ1n) is 5.06. The Balaban J connectivity index is 2.15. The molecule has 0 aliphatic rings. The number of hydrogen-bond acceptors (Lipinski definition) is 6. The Kier molecular flexibility index (Phi) is 3.68. The molecule has 0 aliphatic heterocycles. The van der Waals surface area contributed by atoms with Crippen LogP contribution in [0.2, 0.25) is 0 Å². The van der Waals surface area contributed by atoms with Gasteiger partial charge in [-0.2, -0.15) is 14.0 Å². The quantitative estimate of drug-likeness (QED) is 0.706. The molecule has 7 nitrogen and oxygen atoms in total. The van der Waals surface area contributed by atoms with Crippen LogP contribution in [0.15, 0.2) is 12.1 Å². The monoisotopic (exact) mass is 274 g/mol. The van der Waals surface area contributed by atoms with Gasteiger partial charge in [-0.15, -0.1) is 10.2 Å². The summed E-state index contributed by atoms with van der Waals surface area (Å²) in [5.74, 6) is -1.23. The number of ether oxygens (including phenoxy) is 1. The molecule has 4 N–H and O–H groups in total. The summed E-state index contributed by atoms with van der Waals surface area (Å²) in [6.45, 7) is -2.98. The molecule has 0 atom stereocenters. The first-order chi connectivity index (χ1) is 9.06. The molecule has 1 heterocycles. The van der Waals surface area contributed by atoms with Gasteiger partial charge in [0.1, 0.15) is 0 Å². The molecule has 2 aromatic rings. The largest absolute Gasteiger partial charge is 0.432 e. The Morgan fingerprint density at radius 2 is 2.21 bits per heavy atom. The van der Waals surface area contributed by atoms with Crippen LogP contribution < -0.4 is 15.8 Å². The summed E-state index contributed by atoms with van der Waals surface area (Å²) in [5.41, 5.74) is 5.82. The van der Waals surface area contributed by atoms with Gasteiger partial charge in [0.25, 0.3) is 0 Å². The summed E-state index contributed by atoms with van der Waals surface area (Å²) in [7, 11) is 0. The molecule has 0 unspecified atom stereocenters. The number of tetrazole rings is 1. The maximum Gasteiger partial charge on any atom is 0.387 e. The highest BCUT2D eigenvalue weighted by molar-refractivity contribution is 5.68. The Morgan fingerprint density at radius 1 is 1.42 bits per heavy atom. The van der Waals surface area contributed by atoms with E-state index in [0.29, 0.717) is 5.82 Å². The normalized spacial score (nSPS) is 10.7. The minimum absolute atomic E-state index is 0.0441. The van der Waals surface area contributed by atoms with Crippen LogP contribution in [0.3, 0.4) is 0 Å². The predicted octanol–water partition coefficient (Wildman–Crippen LogP) is 1.13. The van der Waals surface area contributed by atoms with E-state index < -0.39 is 18.2 Å². The summed E-state index contributed by atoms with van der Waals surface area (Å²) in [5, 5.41) is 15.7. The number of rotatable bonds is 5. The lowest BCUT2D eigenvalue weighted by Gasteiger charge is -2.11. The van der Waals surface area contributed by atoms with Crippen molar-refractivity contribution in [3.8, 4) is 5.75 Å². The lowest BCUT2D eigenvalue weighted by atomic mass is 10.2. The zero-order valence-corrected chi connectivity index (χ0v) is 9.40. The van der Waals surface area contributed by atoms with E-state index >= 15 is 0 Å². The van der Waals surface area contributed by atoms with E-state index in [9.17, 15) is 13.2 Å². The average Bonchev–Trinajstić information content (AvgIpc) is 2.83. The molecular weight excluding hydrogens is 265 g/mol. The Bertz CT molecular complexity index is 547. The molecule has 2 rings (SSSR count). The number of hydrogen-bond donors (Lipinski definition) is 3. The molecule has 0 aliphatic carbocycles. The third-order valence-electron chi connectivity index (χ3n) is 2.15. The molecule has 0 spiro atoms. The van der Waals surface area contributed by atoms with E-state index in [2.05, 4.69) is 30.7 Å². The van der Waals surface area contributed by atoms with Gasteiger partial charge in [-0.1, -0.05) is 5.21 Å². The predicted molar refractivity (Wildman–Crippen MR) is 58.9 cm³/mol. The number of benzene rings is 1. The first kappa shape index (κ1) is 12.9. The van der Waals surface area contributed by atoms with Gasteiger partial charge < -0.3 is 15.8 Å². The van der Waals surface area contributed by atoms with E-state index in [4.69, 9.17) is 5.73 Å². The summed E-state index contributed by atoms with van der Waals surface area (Å²) >= 11 is 0. The number of nitrogens with zero attached hydrogens (tertiary/aromatic N) is 3. The van der Waals surface area contributed by atoms with Gasteiger partial charge in [-0.3, -0.25) is 0 Å². The highest BCUT2D eigenvalue weighted by Crippen LogP contribution is 2.29. The van der Waals surface area contributed by atoms with Crippen LogP contribution in [-0.2, 0) is 6.54 Å². The second kappa shape index (κ2) is 5.42. The lowest BCUT2D eigenvalue weighted by Crippen LogP contribution is -2.08. The SMILES string of the molecule is Nc1cc(F)c(OC(F)F)cc1NCc1nn[nH]n1. The summed E-state index contributed by atoms with van der Waals surface area (Å²) in [6, 6.07) is 1.92. The second-order valence-electron chi connectivity index (χ2n) is 3.43. The van der Waals surface area contributed by atoms with Crippen molar-refractivity contribution in [1.29, 1.82) is 0 Å². The number of alkyl halides is 2.